The highest BCUT2D eigenvalue weighted by Gasteiger charge is 2.31. The molecule has 0 saturated carbocycles. The highest BCUT2D eigenvalue weighted by molar-refractivity contribution is 7.89. The second-order valence-corrected chi connectivity index (χ2v) is 9.44. The van der Waals surface area contributed by atoms with Gasteiger partial charge in [0.1, 0.15) is 5.15 Å². The van der Waals surface area contributed by atoms with Crippen LogP contribution in [0.25, 0.3) is 0 Å². The Kier molecular flexibility index (Phi) is 5.83. The average Bonchev–Trinajstić information content (AvgIpc) is 2.62. The normalized spacial score (nSPS) is 21.0. The molecule has 2 unspecified atom stereocenters. The molecule has 6 nitrogen and oxygen atoms in total. The maximum Gasteiger partial charge on any atom is 0.257 e. The minimum absolute atomic E-state index is 0.231. The Balaban J connectivity index is 1.72. The Morgan fingerprint density at radius 1 is 1.11 bits per heavy atom. The number of aromatic nitrogens is 1. The number of nitrogens with zero attached hydrogens (tertiary/aromatic N) is 2. The van der Waals surface area contributed by atoms with Crippen molar-refractivity contribution in [3.63, 3.8) is 0 Å². The van der Waals surface area contributed by atoms with Crippen molar-refractivity contribution in [1.29, 1.82) is 0 Å². The topological polar surface area (TPSA) is 79.4 Å². The molecular weight excluding hydrogens is 386 g/mol. The molecule has 0 spiro atoms. The standard InChI is InChI=1S/C19H22ClN3O3S/c1-13-9-14(2)12-23(11-13)27(25,26)17-6-4-16(5-7-17)22-19(24)15-3-8-18(20)21-10-15/h3-8,10,13-14H,9,11-12H2,1-2H3,(H,22,24). The van der Waals surface area contributed by atoms with E-state index in [0.29, 0.717) is 41.3 Å². The van der Waals surface area contributed by atoms with Crippen molar-refractivity contribution >= 4 is 33.2 Å². The number of carbonyl (C=O) groups excluding carboxylic acids is 1. The van der Waals surface area contributed by atoms with E-state index in [9.17, 15) is 13.2 Å². The van der Waals surface area contributed by atoms with E-state index in [-0.39, 0.29) is 10.8 Å². The summed E-state index contributed by atoms with van der Waals surface area (Å²) in [4.78, 5) is 16.3. The van der Waals surface area contributed by atoms with Gasteiger partial charge >= 0.3 is 0 Å². The summed E-state index contributed by atoms with van der Waals surface area (Å²) in [5.74, 6) is 0.346. The number of rotatable bonds is 4. The number of hydrogen-bond acceptors (Lipinski definition) is 4. The van der Waals surface area contributed by atoms with Crippen LogP contribution in [-0.4, -0.2) is 36.7 Å². The van der Waals surface area contributed by atoms with E-state index in [1.807, 2.05) is 0 Å². The Bertz CT molecular complexity index is 904. The number of amides is 1. The number of anilines is 1. The van der Waals surface area contributed by atoms with Gasteiger partial charge < -0.3 is 5.32 Å². The van der Waals surface area contributed by atoms with E-state index in [1.54, 1.807) is 22.5 Å². The predicted octanol–water partition coefficient (Wildman–Crippen LogP) is 3.65. The van der Waals surface area contributed by atoms with E-state index in [1.165, 1.54) is 24.4 Å². The molecule has 1 aromatic heterocycles. The van der Waals surface area contributed by atoms with Crippen LogP contribution in [0.5, 0.6) is 0 Å². The largest absolute Gasteiger partial charge is 0.322 e. The summed E-state index contributed by atoms with van der Waals surface area (Å²) in [6, 6.07) is 9.33. The van der Waals surface area contributed by atoms with Gasteiger partial charge in [0.25, 0.3) is 5.91 Å². The van der Waals surface area contributed by atoms with Crippen molar-refractivity contribution in [3.05, 3.63) is 53.3 Å². The summed E-state index contributed by atoms with van der Waals surface area (Å²) in [6.07, 6.45) is 2.42. The van der Waals surface area contributed by atoms with Gasteiger partial charge in [0.05, 0.1) is 10.5 Å². The fourth-order valence-electron chi connectivity index (χ4n) is 3.37. The van der Waals surface area contributed by atoms with E-state index in [4.69, 9.17) is 11.6 Å². The van der Waals surface area contributed by atoms with Crippen LogP contribution in [0, 0.1) is 11.8 Å². The molecular formula is C19H22ClN3O3S. The SMILES string of the molecule is CC1CC(C)CN(S(=O)(=O)c2ccc(NC(=O)c3ccc(Cl)nc3)cc2)C1. The van der Waals surface area contributed by atoms with Crippen LogP contribution in [0.4, 0.5) is 5.69 Å². The summed E-state index contributed by atoms with van der Waals surface area (Å²) in [5.41, 5.74) is 0.877. The Morgan fingerprint density at radius 3 is 2.30 bits per heavy atom. The third kappa shape index (κ3) is 4.66. The molecule has 27 heavy (non-hydrogen) atoms. The minimum Gasteiger partial charge on any atom is -0.322 e. The van der Waals surface area contributed by atoms with E-state index < -0.39 is 10.0 Å². The molecule has 1 fully saturated rings. The molecule has 144 valence electrons. The number of halogens is 1. The second-order valence-electron chi connectivity index (χ2n) is 7.12. The van der Waals surface area contributed by atoms with Crippen LogP contribution in [0.1, 0.15) is 30.6 Å². The number of piperidine rings is 1. The predicted molar refractivity (Wildman–Crippen MR) is 105 cm³/mol. The van der Waals surface area contributed by atoms with Crippen molar-refractivity contribution in [2.75, 3.05) is 18.4 Å². The summed E-state index contributed by atoms with van der Waals surface area (Å²) in [7, 11) is -3.53. The maximum atomic E-state index is 12.9. The number of pyridine rings is 1. The molecule has 1 aliphatic rings. The fourth-order valence-corrected chi connectivity index (χ4v) is 5.17. The molecule has 8 heteroatoms. The van der Waals surface area contributed by atoms with Crippen molar-refractivity contribution in [2.45, 2.75) is 25.2 Å². The quantitative estimate of drug-likeness (QED) is 0.784. The first kappa shape index (κ1) is 19.8. The molecule has 3 rings (SSSR count). The smallest absolute Gasteiger partial charge is 0.257 e. The average molecular weight is 408 g/mol. The lowest BCUT2D eigenvalue weighted by Gasteiger charge is -2.34. The van der Waals surface area contributed by atoms with Crippen LogP contribution >= 0.6 is 11.6 Å². The molecule has 0 aliphatic carbocycles. The van der Waals surface area contributed by atoms with Gasteiger partial charge in [0, 0.05) is 25.0 Å². The van der Waals surface area contributed by atoms with Gasteiger partial charge in [0.2, 0.25) is 10.0 Å². The van der Waals surface area contributed by atoms with Gasteiger partial charge in [0.15, 0.2) is 0 Å². The highest BCUT2D eigenvalue weighted by atomic mass is 35.5. The van der Waals surface area contributed by atoms with Crippen molar-refractivity contribution in [1.82, 2.24) is 9.29 Å². The molecule has 1 aromatic carbocycles. The van der Waals surface area contributed by atoms with Crippen LogP contribution in [0.2, 0.25) is 5.15 Å². The molecule has 0 radical (unpaired) electrons. The van der Waals surface area contributed by atoms with E-state index >= 15 is 0 Å². The third-order valence-electron chi connectivity index (χ3n) is 4.57. The number of sulfonamides is 1. The van der Waals surface area contributed by atoms with Gasteiger partial charge in [-0.05, 0) is 54.7 Å². The van der Waals surface area contributed by atoms with E-state index in [2.05, 4.69) is 24.1 Å². The first-order valence-corrected chi connectivity index (χ1v) is 10.6. The highest BCUT2D eigenvalue weighted by Crippen LogP contribution is 2.27. The van der Waals surface area contributed by atoms with Gasteiger partial charge in [-0.1, -0.05) is 25.4 Å². The van der Waals surface area contributed by atoms with Gasteiger partial charge in [-0.15, -0.1) is 0 Å². The number of carbonyl (C=O) groups is 1. The van der Waals surface area contributed by atoms with Crippen LogP contribution < -0.4 is 5.32 Å². The zero-order valence-electron chi connectivity index (χ0n) is 15.2. The minimum atomic E-state index is -3.53. The molecule has 1 aliphatic heterocycles. The monoisotopic (exact) mass is 407 g/mol. The summed E-state index contributed by atoms with van der Waals surface area (Å²) < 4.78 is 27.3. The van der Waals surface area contributed by atoms with Crippen molar-refractivity contribution < 1.29 is 13.2 Å². The maximum absolute atomic E-state index is 12.9. The zero-order chi connectivity index (χ0) is 19.6. The van der Waals surface area contributed by atoms with Crippen LogP contribution in [0.3, 0.4) is 0 Å². The van der Waals surface area contributed by atoms with Gasteiger partial charge in [-0.25, -0.2) is 13.4 Å². The summed E-state index contributed by atoms with van der Waals surface area (Å²) >= 11 is 5.71. The summed E-state index contributed by atoms with van der Waals surface area (Å²) in [6.45, 7) is 5.22. The Labute approximate surface area is 164 Å². The number of benzene rings is 1. The summed E-state index contributed by atoms with van der Waals surface area (Å²) in [5, 5.41) is 3.03. The lowest BCUT2D eigenvalue weighted by Crippen LogP contribution is -2.42. The zero-order valence-corrected chi connectivity index (χ0v) is 16.8. The first-order chi connectivity index (χ1) is 12.8. The fraction of sp³-hybridized carbons (Fsp3) is 0.368. The third-order valence-corrected chi connectivity index (χ3v) is 6.64. The molecule has 2 aromatic rings. The Hall–Kier alpha value is -1.96. The van der Waals surface area contributed by atoms with Crippen LogP contribution in [-0.2, 0) is 10.0 Å². The molecule has 2 atom stereocenters. The lowest BCUT2D eigenvalue weighted by molar-refractivity contribution is 0.102. The molecule has 1 N–H and O–H groups in total. The Morgan fingerprint density at radius 2 is 1.74 bits per heavy atom. The number of hydrogen-bond donors (Lipinski definition) is 1. The molecule has 1 amide bonds. The first-order valence-electron chi connectivity index (χ1n) is 8.79. The van der Waals surface area contributed by atoms with E-state index in [0.717, 1.165) is 6.42 Å². The lowest BCUT2D eigenvalue weighted by atomic mass is 9.94. The van der Waals surface area contributed by atoms with Crippen molar-refractivity contribution in [3.8, 4) is 0 Å². The molecule has 1 saturated heterocycles. The van der Waals surface area contributed by atoms with Crippen molar-refractivity contribution in [2.24, 2.45) is 11.8 Å². The number of nitrogens with one attached hydrogen (secondary N) is 1. The molecule has 2 heterocycles. The second kappa shape index (κ2) is 7.96. The van der Waals surface area contributed by atoms with Gasteiger partial charge in [-0.3, -0.25) is 4.79 Å². The van der Waals surface area contributed by atoms with Crippen LogP contribution in [0.15, 0.2) is 47.5 Å². The molecule has 0 bridgehead atoms. The van der Waals surface area contributed by atoms with Gasteiger partial charge in [-0.2, -0.15) is 4.31 Å².